The van der Waals surface area contributed by atoms with E-state index < -0.39 is 0 Å². The van der Waals surface area contributed by atoms with Gasteiger partial charge in [-0.15, -0.1) is 16.4 Å². The Hall–Kier alpha value is -2.49. The number of amides is 1. The zero-order valence-corrected chi connectivity index (χ0v) is 16.7. The van der Waals surface area contributed by atoms with Gasteiger partial charge in [-0.1, -0.05) is 16.8 Å². The lowest BCUT2D eigenvalue weighted by Gasteiger charge is -2.20. The number of carbonyl (C=O) groups is 1. The fourth-order valence-electron chi connectivity index (χ4n) is 2.98. The smallest absolute Gasteiger partial charge is 0.261 e. The summed E-state index contributed by atoms with van der Waals surface area (Å²) in [6.07, 6.45) is 4.69. The van der Waals surface area contributed by atoms with E-state index in [1.165, 1.54) is 11.3 Å². The molecule has 146 valence electrons. The molecule has 8 nitrogen and oxygen atoms in total. The van der Waals surface area contributed by atoms with E-state index in [-0.39, 0.29) is 5.91 Å². The highest BCUT2D eigenvalue weighted by Gasteiger charge is 2.12. The lowest BCUT2D eigenvalue weighted by molar-refractivity contribution is 0.0954. The summed E-state index contributed by atoms with van der Waals surface area (Å²) in [5.41, 5.74) is 1.49. The number of aromatic nitrogens is 4. The Morgan fingerprint density at radius 1 is 1.25 bits per heavy atom. The number of hydrogen-bond donors (Lipinski definition) is 2. The molecule has 1 fully saturated rings. The summed E-state index contributed by atoms with van der Waals surface area (Å²) >= 11 is 7.11. The lowest BCUT2D eigenvalue weighted by Crippen LogP contribution is -2.28. The number of pyridine rings is 1. The molecular formula is C18H20ClN7OS. The van der Waals surface area contributed by atoms with E-state index >= 15 is 0 Å². The van der Waals surface area contributed by atoms with Gasteiger partial charge in [-0.05, 0) is 37.2 Å². The van der Waals surface area contributed by atoms with Crippen molar-refractivity contribution in [1.29, 1.82) is 0 Å². The Balaban J connectivity index is 1.37. The van der Waals surface area contributed by atoms with Crippen LogP contribution >= 0.6 is 22.9 Å². The molecule has 1 aliphatic rings. The SMILES string of the molecule is O=C(NCc1cn(-c2ccc(N3CCCNCC3)nc2)nn1)c1ccc(Cl)s1. The van der Waals surface area contributed by atoms with Crippen LogP contribution in [0.2, 0.25) is 4.34 Å². The Morgan fingerprint density at radius 3 is 2.96 bits per heavy atom. The van der Waals surface area contributed by atoms with E-state index in [2.05, 4.69) is 30.8 Å². The third kappa shape index (κ3) is 4.49. The van der Waals surface area contributed by atoms with Crippen molar-refractivity contribution in [2.24, 2.45) is 0 Å². The summed E-state index contributed by atoms with van der Waals surface area (Å²) < 4.78 is 2.24. The summed E-state index contributed by atoms with van der Waals surface area (Å²) in [4.78, 5) is 19.5. The van der Waals surface area contributed by atoms with Crippen molar-refractivity contribution < 1.29 is 4.79 Å². The van der Waals surface area contributed by atoms with Crippen LogP contribution in [0.1, 0.15) is 21.8 Å². The van der Waals surface area contributed by atoms with Crippen LogP contribution in [-0.2, 0) is 6.54 Å². The molecule has 10 heteroatoms. The van der Waals surface area contributed by atoms with Gasteiger partial charge in [-0.25, -0.2) is 9.67 Å². The van der Waals surface area contributed by atoms with Crippen LogP contribution in [0.5, 0.6) is 0 Å². The van der Waals surface area contributed by atoms with Gasteiger partial charge in [0.05, 0.1) is 33.8 Å². The fourth-order valence-corrected chi connectivity index (χ4v) is 3.94. The maximum Gasteiger partial charge on any atom is 0.261 e. The van der Waals surface area contributed by atoms with E-state index in [4.69, 9.17) is 11.6 Å². The average Bonchev–Trinajstić information content (AvgIpc) is 3.28. The minimum absolute atomic E-state index is 0.176. The minimum atomic E-state index is -0.176. The molecule has 1 amide bonds. The monoisotopic (exact) mass is 417 g/mol. The van der Waals surface area contributed by atoms with Crippen LogP contribution in [0.4, 0.5) is 5.82 Å². The molecule has 0 saturated carbocycles. The fraction of sp³-hybridized carbons (Fsp3) is 0.333. The number of nitrogens with zero attached hydrogens (tertiary/aromatic N) is 5. The lowest BCUT2D eigenvalue weighted by atomic mass is 10.3. The molecule has 0 unspecified atom stereocenters. The molecule has 0 radical (unpaired) electrons. The zero-order valence-electron chi connectivity index (χ0n) is 15.1. The van der Waals surface area contributed by atoms with Crippen molar-refractivity contribution in [2.45, 2.75) is 13.0 Å². The molecule has 28 heavy (non-hydrogen) atoms. The molecule has 4 heterocycles. The van der Waals surface area contributed by atoms with Crippen molar-refractivity contribution in [2.75, 3.05) is 31.1 Å². The van der Waals surface area contributed by atoms with Gasteiger partial charge in [0.2, 0.25) is 0 Å². The minimum Gasteiger partial charge on any atom is -0.355 e. The molecule has 1 saturated heterocycles. The quantitative estimate of drug-likeness (QED) is 0.661. The van der Waals surface area contributed by atoms with Gasteiger partial charge < -0.3 is 15.5 Å². The maximum absolute atomic E-state index is 12.1. The second-order valence-corrected chi connectivity index (χ2v) is 8.12. The van der Waals surface area contributed by atoms with Gasteiger partial charge in [0.1, 0.15) is 11.5 Å². The number of anilines is 1. The number of carbonyl (C=O) groups excluding carboxylic acids is 1. The van der Waals surface area contributed by atoms with Gasteiger partial charge in [-0.2, -0.15) is 0 Å². The van der Waals surface area contributed by atoms with Crippen molar-refractivity contribution in [3.63, 3.8) is 0 Å². The van der Waals surface area contributed by atoms with Gasteiger partial charge in [-0.3, -0.25) is 4.79 Å². The molecule has 0 bridgehead atoms. The number of hydrogen-bond acceptors (Lipinski definition) is 7. The topological polar surface area (TPSA) is 88.0 Å². The molecule has 2 N–H and O–H groups in total. The molecule has 4 rings (SSSR count). The third-order valence-corrected chi connectivity index (χ3v) is 5.66. The first-order valence-corrected chi connectivity index (χ1v) is 10.3. The molecule has 0 aromatic carbocycles. The van der Waals surface area contributed by atoms with Gasteiger partial charge in [0.15, 0.2) is 0 Å². The van der Waals surface area contributed by atoms with E-state index in [9.17, 15) is 4.79 Å². The summed E-state index contributed by atoms with van der Waals surface area (Å²) in [6, 6.07) is 7.39. The van der Waals surface area contributed by atoms with E-state index in [1.54, 1.807) is 29.2 Å². The van der Waals surface area contributed by atoms with Crippen LogP contribution in [0.25, 0.3) is 5.69 Å². The van der Waals surface area contributed by atoms with Crippen LogP contribution in [-0.4, -0.2) is 52.1 Å². The van der Waals surface area contributed by atoms with Crippen LogP contribution in [0.3, 0.4) is 0 Å². The van der Waals surface area contributed by atoms with Crippen molar-refractivity contribution in [3.8, 4) is 5.69 Å². The Bertz CT molecular complexity index is 932. The molecule has 1 aliphatic heterocycles. The number of halogens is 1. The summed E-state index contributed by atoms with van der Waals surface area (Å²) in [5.74, 6) is 0.791. The molecule has 0 atom stereocenters. The first-order chi connectivity index (χ1) is 13.7. The molecular weight excluding hydrogens is 398 g/mol. The molecule has 0 spiro atoms. The Labute approximate surface area is 171 Å². The number of thiophene rings is 1. The largest absolute Gasteiger partial charge is 0.355 e. The van der Waals surface area contributed by atoms with E-state index in [0.29, 0.717) is 21.5 Å². The first kappa shape index (κ1) is 18.9. The third-order valence-electron chi connectivity index (χ3n) is 4.43. The summed E-state index contributed by atoms with van der Waals surface area (Å²) in [6.45, 7) is 4.27. The van der Waals surface area contributed by atoms with E-state index in [0.717, 1.165) is 44.1 Å². The van der Waals surface area contributed by atoms with Crippen LogP contribution in [0, 0.1) is 0 Å². The van der Waals surface area contributed by atoms with Crippen molar-refractivity contribution in [1.82, 2.24) is 30.6 Å². The average molecular weight is 418 g/mol. The summed E-state index contributed by atoms with van der Waals surface area (Å²) in [5, 5.41) is 14.5. The van der Waals surface area contributed by atoms with Crippen molar-refractivity contribution in [3.05, 3.63) is 51.6 Å². The maximum atomic E-state index is 12.1. The predicted molar refractivity (Wildman–Crippen MR) is 109 cm³/mol. The zero-order chi connectivity index (χ0) is 19.3. The predicted octanol–water partition coefficient (Wildman–Crippen LogP) is 2.11. The highest BCUT2D eigenvalue weighted by molar-refractivity contribution is 7.17. The standard InChI is InChI=1S/C18H20ClN7OS/c19-16-4-3-15(28-16)18(27)22-10-13-12-26(24-23-13)14-2-5-17(21-11-14)25-8-1-6-20-7-9-25/h2-5,11-12,20H,1,6-10H2,(H,22,27). The van der Waals surface area contributed by atoms with Gasteiger partial charge in [0, 0.05) is 19.6 Å². The summed E-state index contributed by atoms with van der Waals surface area (Å²) in [7, 11) is 0. The molecule has 3 aromatic rings. The number of rotatable bonds is 5. The highest BCUT2D eigenvalue weighted by atomic mass is 35.5. The van der Waals surface area contributed by atoms with Crippen LogP contribution in [0.15, 0.2) is 36.7 Å². The van der Waals surface area contributed by atoms with Gasteiger partial charge >= 0.3 is 0 Å². The Morgan fingerprint density at radius 2 is 2.18 bits per heavy atom. The highest BCUT2D eigenvalue weighted by Crippen LogP contribution is 2.21. The second kappa shape index (κ2) is 8.68. The molecule has 0 aliphatic carbocycles. The van der Waals surface area contributed by atoms with Gasteiger partial charge in [0.25, 0.3) is 5.91 Å². The van der Waals surface area contributed by atoms with Crippen LogP contribution < -0.4 is 15.5 Å². The molecule has 3 aromatic heterocycles. The Kier molecular flexibility index (Phi) is 5.84. The first-order valence-electron chi connectivity index (χ1n) is 9.06. The van der Waals surface area contributed by atoms with Crippen molar-refractivity contribution >= 4 is 34.7 Å². The number of nitrogens with one attached hydrogen (secondary N) is 2. The van der Waals surface area contributed by atoms with E-state index in [1.807, 2.05) is 12.1 Å². The second-order valence-electron chi connectivity index (χ2n) is 6.41. The normalized spacial score (nSPS) is 14.7.